The number of aryl methyl sites for hydroxylation is 1. The molecule has 4 heteroatoms. The first-order valence-corrected chi connectivity index (χ1v) is 7.05. The Balaban J connectivity index is 2.07. The average molecular weight is 262 g/mol. The summed E-state index contributed by atoms with van der Waals surface area (Å²) in [5, 5.41) is 14.3. The highest BCUT2D eigenvalue weighted by molar-refractivity contribution is 5.54. The van der Waals surface area contributed by atoms with E-state index >= 15 is 0 Å². The van der Waals surface area contributed by atoms with Crippen molar-refractivity contribution in [3.63, 3.8) is 0 Å². The van der Waals surface area contributed by atoms with Crippen LogP contribution in [-0.4, -0.2) is 11.5 Å². The molecule has 0 aliphatic heterocycles. The molecule has 1 saturated carbocycles. The minimum Gasteiger partial charge on any atom is -0.384 e. The average Bonchev–Trinajstić information content (AvgIpc) is 2.87. The van der Waals surface area contributed by atoms with Crippen LogP contribution in [0.4, 0.5) is 11.4 Å². The highest BCUT2D eigenvalue weighted by Crippen LogP contribution is 2.41. The lowest BCUT2D eigenvalue weighted by atomic mass is 9.83. The van der Waals surface area contributed by atoms with Crippen molar-refractivity contribution in [2.45, 2.75) is 46.0 Å². The lowest BCUT2D eigenvalue weighted by Crippen LogP contribution is -2.25. The third-order valence-corrected chi connectivity index (χ3v) is 4.49. The number of hydrogen-bond acceptors (Lipinski definition) is 3. The normalized spacial score (nSPS) is 17.4. The number of hydrogen-bond donors (Lipinski definition) is 1. The van der Waals surface area contributed by atoms with E-state index in [1.54, 1.807) is 13.0 Å². The summed E-state index contributed by atoms with van der Waals surface area (Å²) in [7, 11) is 0. The molecule has 1 aliphatic rings. The monoisotopic (exact) mass is 262 g/mol. The van der Waals surface area contributed by atoms with Gasteiger partial charge in [0.2, 0.25) is 0 Å². The highest BCUT2D eigenvalue weighted by Gasteiger charge is 2.31. The van der Waals surface area contributed by atoms with E-state index in [0.717, 1.165) is 12.2 Å². The van der Waals surface area contributed by atoms with E-state index in [0.29, 0.717) is 11.0 Å². The fourth-order valence-electron chi connectivity index (χ4n) is 2.99. The first-order valence-electron chi connectivity index (χ1n) is 7.05. The lowest BCUT2D eigenvalue weighted by Gasteiger charge is -2.28. The summed E-state index contributed by atoms with van der Waals surface area (Å²) in [5.41, 5.74) is 2.15. The fourth-order valence-corrected chi connectivity index (χ4v) is 2.99. The van der Waals surface area contributed by atoms with E-state index in [4.69, 9.17) is 0 Å². The van der Waals surface area contributed by atoms with Crippen molar-refractivity contribution >= 4 is 11.4 Å². The van der Waals surface area contributed by atoms with Gasteiger partial charge in [0.05, 0.1) is 4.92 Å². The summed E-state index contributed by atoms with van der Waals surface area (Å²) in [6, 6.07) is 5.39. The van der Waals surface area contributed by atoms with Crippen LogP contribution >= 0.6 is 0 Å². The SMILES string of the molecule is CCC1(CNc2ccc(C)c([N+](=O)[O-])c2)CCCC1. The van der Waals surface area contributed by atoms with E-state index < -0.39 is 0 Å². The Morgan fingerprint density at radius 1 is 1.37 bits per heavy atom. The maximum absolute atomic E-state index is 10.9. The van der Waals surface area contributed by atoms with Gasteiger partial charge in [-0.2, -0.15) is 0 Å². The van der Waals surface area contributed by atoms with Gasteiger partial charge in [0, 0.05) is 23.9 Å². The molecule has 0 saturated heterocycles. The van der Waals surface area contributed by atoms with Crippen molar-refractivity contribution in [3.05, 3.63) is 33.9 Å². The van der Waals surface area contributed by atoms with Crippen LogP contribution < -0.4 is 5.32 Å². The minimum atomic E-state index is -0.314. The molecule has 0 heterocycles. The Morgan fingerprint density at radius 2 is 2.05 bits per heavy atom. The predicted molar refractivity (Wildman–Crippen MR) is 77.5 cm³/mol. The van der Waals surface area contributed by atoms with Gasteiger partial charge in [-0.15, -0.1) is 0 Å². The fraction of sp³-hybridized carbons (Fsp3) is 0.600. The second kappa shape index (κ2) is 5.59. The van der Waals surface area contributed by atoms with Crippen molar-refractivity contribution in [3.8, 4) is 0 Å². The van der Waals surface area contributed by atoms with Gasteiger partial charge in [0.15, 0.2) is 0 Å². The summed E-state index contributed by atoms with van der Waals surface area (Å²) in [5.74, 6) is 0. The van der Waals surface area contributed by atoms with Crippen molar-refractivity contribution in [2.24, 2.45) is 5.41 Å². The van der Waals surface area contributed by atoms with E-state index in [1.165, 1.54) is 32.1 Å². The molecule has 19 heavy (non-hydrogen) atoms. The van der Waals surface area contributed by atoms with Gasteiger partial charge in [-0.05, 0) is 37.7 Å². The molecule has 0 spiro atoms. The number of nitro groups is 1. The molecule has 0 atom stereocenters. The molecule has 4 nitrogen and oxygen atoms in total. The maximum atomic E-state index is 10.9. The summed E-state index contributed by atoms with van der Waals surface area (Å²) in [4.78, 5) is 10.6. The maximum Gasteiger partial charge on any atom is 0.274 e. The van der Waals surface area contributed by atoms with Crippen molar-refractivity contribution in [2.75, 3.05) is 11.9 Å². The summed E-state index contributed by atoms with van der Waals surface area (Å²) < 4.78 is 0. The van der Waals surface area contributed by atoms with Crippen molar-refractivity contribution < 1.29 is 4.92 Å². The third kappa shape index (κ3) is 3.06. The van der Waals surface area contributed by atoms with Crippen LogP contribution in [-0.2, 0) is 0 Å². The van der Waals surface area contributed by atoms with Crippen LogP contribution in [0.3, 0.4) is 0 Å². The topological polar surface area (TPSA) is 55.2 Å². The molecule has 1 aromatic rings. The number of nitrogens with one attached hydrogen (secondary N) is 1. The Hall–Kier alpha value is -1.58. The standard InChI is InChI=1S/C15H22N2O2/c1-3-15(8-4-5-9-15)11-16-13-7-6-12(2)14(10-13)17(18)19/h6-7,10,16H,3-5,8-9,11H2,1-2H3. The first kappa shape index (κ1) is 13.8. The number of nitro benzene ring substituents is 1. The summed E-state index contributed by atoms with van der Waals surface area (Å²) in [6.45, 7) is 4.93. The minimum absolute atomic E-state index is 0.196. The Labute approximate surface area is 114 Å². The smallest absolute Gasteiger partial charge is 0.274 e. The summed E-state index contributed by atoms with van der Waals surface area (Å²) >= 11 is 0. The second-order valence-corrected chi connectivity index (χ2v) is 5.67. The molecule has 1 aromatic carbocycles. The molecule has 2 rings (SSSR count). The first-order chi connectivity index (χ1) is 9.06. The van der Waals surface area contributed by atoms with Gasteiger partial charge < -0.3 is 5.32 Å². The highest BCUT2D eigenvalue weighted by atomic mass is 16.6. The van der Waals surface area contributed by atoms with Gasteiger partial charge >= 0.3 is 0 Å². The van der Waals surface area contributed by atoms with E-state index in [1.807, 2.05) is 12.1 Å². The van der Waals surface area contributed by atoms with Gasteiger partial charge in [0.25, 0.3) is 5.69 Å². The van der Waals surface area contributed by atoms with Gasteiger partial charge in [-0.25, -0.2) is 0 Å². The third-order valence-electron chi connectivity index (χ3n) is 4.49. The zero-order valence-electron chi connectivity index (χ0n) is 11.7. The Morgan fingerprint density at radius 3 is 2.63 bits per heavy atom. The van der Waals surface area contributed by atoms with Gasteiger partial charge in [-0.1, -0.05) is 25.8 Å². The molecule has 0 radical (unpaired) electrons. The zero-order chi connectivity index (χ0) is 13.9. The molecule has 1 fully saturated rings. The number of anilines is 1. The molecular formula is C15H22N2O2. The Bertz CT molecular complexity index is 465. The molecule has 0 amide bonds. The predicted octanol–water partition coefficient (Wildman–Crippen LogP) is 4.29. The number of benzene rings is 1. The molecular weight excluding hydrogens is 240 g/mol. The van der Waals surface area contributed by atoms with Crippen LogP contribution in [0.2, 0.25) is 0 Å². The van der Waals surface area contributed by atoms with E-state index in [9.17, 15) is 10.1 Å². The summed E-state index contributed by atoms with van der Waals surface area (Å²) in [6.07, 6.45) is 6.33. The number of nitrogens with zero attached hydrogens (tertiary/aromatic N) is 1. The van der Waals surface area contributed by atoms with Crippen LogP contribution in [0.25, 0.3) is 0 Å². The van der Waals surface area contributed by atoms with Crippen LogP contribution in [0.5, 0.6) is 0 Å². The molecule has 104 valence electrons. The second-order valence-electron chi connectivity index (χ2n) is 5.67. The van der Waals surface area contributed by atoms with E-state index in [-0.39, 0.29) is 10.6 Å². The van der Waals surface area contributed by atoms with Gasteiger partial charge in [0.1, 0.15) is 0 Å². The van der Waals surface area contributed by atoms with Gasteiger partial charge in [-0.3, -0.25) is 10.1 Å². The van der Waals surface area contributed by atoms with E-state index in [2.05, 4.69) is 12.2 Å². The van der Waals surface area contributed by atoms with Crippen LogP contribution in [0.1, 0.15) is 44.6 Å². The van der Waals surface area contributed by atoms with Crippen LogP contribution in [0.15, 0.2) is 18.2 Å². The largest absolute Gasteiger partial charge is 0.384 e. The van der Waals surface area contributed by atoms with Crippen LogP contribution in [0, 0.1) is 22.5 Å². The molecule has 1 aliphatic carbocycles. The lowest BCUT2D eigenvalue weighted by molar-refractivity contribution is -0.385. The molecule has 1 N–H and O–H groups in total. The van der Waals surface area contributed by atoms with Crippen molar-refractivity contribution in [1.82, 2.24) is 0 Å². The number of rotatable bonds is 5. The Kier molecular flexibility index (Phi) is 4.08. The zero-order valence-corrected chi connectivity index (χ0v) is 11.7. The molecule has 0 aromatic heterocycles. The molecule has 0 unspecified atom stereocenters. The molecule has 0 bridgehead atoms. The van der Waals surface area contributed by atoms with Crippen molar-refractivity contribution in [1.29, 1.82) is 0 Å². The quantitative estimate of drug-likeness (QED) is 0.636.